The Balaban J connectivity index is 1.24. The Morgan fingerprint density at radius 3 is 2.25 bits per heavy atom. The van der Waals surface area contributed by atoms with Crippen LogP contribution in [0.25, 0.3) is 0 Å². The van der Waals surface area contributed by atoms with E-state index < -0.39 is 0 Å². The van der Waals surface area contributed by atoms with Gasteiger partial charge in [0.15, 0.2) is 6.61 Å². The van der Waals surface area contributed by atoms with Gasteiger partial charge in [-0.2, -0.15) is 0 Å². The molecule has 6 nitrogen and oxygen atoms in total. The monoisotopic (exact) mass is 485 g/mol. The highest BCUT2D eigenvalue weighted by Gasteiger charge is 2.37. The number of likely N-dealkylation sites (tertiary alicyclic amines) is 1. The van der Waals surface area contributed by atoms with Crippen LogP contribution in [0.5, 0.6) is 11.5 Å². The number of nitrogens with zero attached hydrogens (tertiary/aromatic N) is 3. The standard InChI is InChI=1S/C30H35N3O3/c1-35-28-14-8-9-24(19-28)29-22-33(30(34)23-36-27-12-6-3-7-13-27)21-25(29)20-31-15-17-32(18-16-31)26-10-4-2-5-11-26/h2-14,19,25,29H,15-18,20-23H2,1H3. The maximum Gasteiger partial charge on any atom is 0.260 e. The molecule has 2 aliphatic heterocycles. The van der Waals surface area contributed by atoms with E-state index in [0.29, 0.717) is 12.5 Å². The largest absolute Gasteiger partial charge is 0.497 e. The zero-order valence-corrected chi connectivity index (χ0v) is 21.0. The predicted molar refractivity (Wildman–Crippen MR) is 143 cm³/mol. The predicted octanol–water partition coefficient (Wildman–Crippen LogP) is 4.14. The molecule has 188 valence electrons. The van der Waals surface area contributed by atoms with Crippen molar-refractivity contribution in [1.29, 1.82) is 0 Å². The van der Waals surface area contributed by atoms with Gasteiger partial charge in [0.25, 0.3) is 5.91 Å². The van der Waals surface area contributed by atoms with E-state index >= 15 is 0 Å². The Kier molecular flexibility index (Phi) is 7.72. The van der Waals surface area contributed by atoms with Crippen LogP contribution in [0.1, 0.15) is 11.5 Å². The van der Waals surface area contributed by atoms with E-state index in [9.17, 15) is 4.79 Å². The fourth-order valence-corrected chi connectivity index (χ4v) is 5.42. The van der Waals surface area contributed by atoms with Crippen molar-refractivity contribution in [2.75, 3.05) is 64.4 Å². The molecule has 0 bridgehead atoms. The van der Waals surface area contributed by atoms with E-state index in [2.05, 4.69) is 52.3 Å². The van der Waals surface area contributed by atoms with Gasteiger partial charge in [-0.15, -0.1) is 0 Å². The Labute approximate surface area is 214 Å². The van der Waals surface area contributed by atoms with E-state index in [0.717, 1.165) is 50.8 Å². The van der Waals surface area contributed by atoms with Crippen molar-refractivity contribution in [3.05, 3.63) is 90.5 Å². The minimum Gasteiger partial charge on any atom is -0.497 e. The summed E-state index contributed by atoms with van der Waals surface area (Å²) in [4.78, 5) is 20.1. The van der Waals surface area contributed by atoms with Crippen LogP contribution in [0, 0.1) is 5.92 Å². The number of hydrogen-bond acceptors (Lipinski definition) is 5. The highest BCUT2D eigenvalue weighted by atomic mass is 16.5. The highest BCUT2D eigenvalue weighted by molar-refractivity contribution is 5.78. The van der Waals surface area contributed by atoms with Gasteiger partial charge in [0.1, 0.15) is 11.5 Å². The van der Waals surface area contributed by atoms with E-state index in [1.165, 1.54) is 11.3 Å². The van der Waals surface area contributed by atoms with E-state index in [-0.39, 0.29) is 18.4 Å². The second kappa shape index (κ2) is 11.5. The third-order valence-corrected chi connectivity index (χ3v) is 7.41. The van der Waals surface area contributed by atoms with Gasteiger partial charge in [-0.25, -0.2) is 0 Å². The number of carbonyl (C=O) groups excluding carboxylic acids is 1. The van der Waals surface area contributed by atoms with Crippen LogP contribution < -0.4 is 14.4 Å². The summed E-state index contributed by atoms with van der Waals surface area (Å²) in [6.45, 7) is 6.60. The summed E-state index contributed by atoms with van der Waals surface area (Å²) >= 11 is 0. The number of benzene rings is 3. The van der Waals surface area contributed by atoms with Gasteiger partial charge in [0, 0.05) is 57.4 Å². The molecule has 2 unspecified atom stereocenters. The fraction of sp³-hybridized carbons (Fsp3) is 0.367. The molecule has 2 aliphatic rings. The molecule has 1 amide bonds. The number of hydrogen-bond donors (Lipinski definition) is 0. The normalized spacial score (nSPS) is 20.4. The first-order chi connectivity index (χ1) is 17.7. The Bertz CT molecular complexity index is 1120. The first-order valence-electron chi connectivity index (χ1n) is 12.8. The van der Waals surface area contributed by atoms with Gasteiger partial charge in [-0.3, -0.25) is 9.69 Å². The van der Waals surface area contributed by atoms with Crippen molar-refractivity contribution in [2.45, 2.75) is 5.92 Å². The van der Waals surface area contributed by atoms with Crippen LogP contribution >= 0.6 is 0 Å². The molecule has 3 aromatic carbocycles. The van der Waals surface area contributed by atoms with Gasteiger partial charge < -0.3 is 19.3 Å². The summed E-state index contributed by atoms with van der Waals surface area (Å²) in [6, 6.07) is 28.5. The number of amides is 1. The molecule has 2 atom stereocenters. The van der Waals surface area contributed by atoms with Gasteiger partial charge in [-0.1, -0.05) is 48.5 Å². The number of para-hydroxylation sites is 2. The quantitative estimate of drug-likeness (QED) is 0.480. The number of anilines is 1. The van der Waals surface area contributed by atoms with Crippen LogP contribution in [-0.4, -0.2) is 75.2 Å². The number of piperazine rings is 1. The molecular formula is C30H35N3O3. The molecule has 2 heterocycles. The van der Waals surface area contributed by atoms with Crippen LogP contribution in [0.2, 0.25) is 0 Å². The lowest BCUT2D eigenvalue weighted by atomic mass is 9.88. The molecule has 0 spiro atoms. The van der Waals surface area contributed by atoms with Crippen molar-refractivity contribution in [2.24, 2.45) is 5.92 Å². The van der Waals surface area contributed by atoms with Crippen molar-refractivity contribution < 1.29 is 14.3 Å². The van der Waals surface area contributed by atoms with Crippen molar-refractivity contribution in [3.8, 4) is 11.5 Å². The zero-order valence-electron chi connectivity index (χ0n) is 21.0. The maximum atomic E-state index is 13.1. The molecule has 3 aromatic rings. The average molecular weight is 486 g/mol. The van der Waals surface area contributed by atoms with E-state index in [4.69, 9.17) is 9.47 Å². The molecule has 6 heteroatoms. The van der Waals surface area contributed by atoms with Gasteiger partial charge in [0.05, 0.1) is 7.11 Å². The molecule has 2 saturated heterocycles. The third kappa shape index (κ3) is 5.82. The van der Waals surface area contributed by atoms with Crippen LogP contribution in [0.3, 0.4) is 0 Å². The summed E-state index contributed by atoms with van der Waals surface area (Å²) in [7, 11) is 1.70. The minimum absolute atomic E-state index is 0.0446. The summed E-state index contributed by atoms with van der Waals surface area (Å²) in [5.74, 6) is 2.26. The smallest absolute Gasteiger partial charge is 0.260 e. The Hall–Kier alpha value is -3.51. The van der Waals surface area contributed by atoms with Crippen LogP contribution in [0.15, 0.2) is 84.9 Å². The first-order valence-corrected chi connectivity index (χ1v) is 12.8. The highest BCUT2D eigenvalue weighted by Crippen LogP contribution is 2.35. The topological polar surface area (TPSA) is 45.2 Å². The SMILES string of the molecule is COc1cccc(C2CN(C(=O)COc3ccccc3)CC2CN2CCN(c3ccccc3)CC2)c1. The lowest BCUT2D eigenvalue weighted by Crippen LogP contribution is -2.48. The third-order valence-electron chi connectivity index (χ3n) is 7.41. The molecule has 36 heavy (non-hydrogen) atoms. The Morgan fingerprint density at radius 1 is 0.833 bits per heavy atom. The van der Waals surface area contributed by atoms with Gasteiger partial charge in [0.2, 0.25) is 0 Å². The van der Waals surface area contributed by atoms with E-state index in [1.54, 1.807) is 7.11 Å². The lowest BCUT2D eigenvalue weighted by molar-refractivity contribution is -0.132. The van der Waals surface area contributed by atoms with Crippen molar-refractivity contribution in [3.63, 3.8) is 0 Å². The summed E-state index contributed by atoms with van der Waals surface area (Å²) < 4.78 is 11.3. The number of carbonyl (C=O) groups is 1. The minimum atomic E-state index is 0.0446. The van der Waals surface area contributed by atoms with E-state index in [1.807, 2.05) is 47.4 Å². The van der Waals surface area contributed by atoms with Gasteiger partial charge in [-0.05, 0) is 47.9 Å². The molecule has 0 saturated carbocycles. The molecule has 0 radical (unpaired) electrons. The second-order valence-electron chi connectivity index (χ2n) is 9.67. The van der Waals surface area contributed by atoms with Crippen LogP contribution in [-0.2, 0) is 4.79 Å². The van der Waals surface area contributed by atoms with Crippen molar-refractivity contribution in [1.82, 2.24) is 9.80 Å². The number of methoxy groups -OCH3 is 1. The lowest BCUT2D eigenvalue weighted by Gasteiger charge is -2.37. The Morgan fingerprint density at radius 2 is 1.53 bits per heavy atom. The molecule has 5 rings (SSSR count). The van der Waals surface area contributed by atoms with Crippen molar-refractivity contribution >= 4 is 11.6 Å². The van der Waals surface area contributed by atoms with Gasteiger partial charge >= 0.3 is 0 Å². The summed E-state index contributed by atoms with van der Waals surface area (Å²) in [6.07, 6.45) is 0. The average Bonchev–Trinajstić information content (AvgIpc) is 3.37. The summed E-state index contributed by atoms with van der Waals surface area (Å²) in [5.41, 5.74) is 2.53. The molecular weight excluding hydrogens is 450 g/mol. The second-order valence-corrected chi connectivity index (χ2v) is 9.67. The molecule has 0 aliphatic carbocycles. The zero-order chi connectivity index (χ0) is 24.7. The number of rotatable bonds is 8. The maximum absolute atomic E-state index is 13.1. The summed E-state index contributed by atoms with van der Waals surface area (Å²) in [5, 5.41) is 0. The molecule has 2 fully saturated rings. The number of ether oxygens (including phenoxy) is 2. The molecule has 0 aromatic heterocycles. The fourth-order valence-electron chi connectivity index (χ4n) is 5.42. The first kappa shape index (κ1) is 24.2. The van der Waals surface area contributed by atoms with Crippen LogP contribution in [0.4, 0.5) is 5.69 Å². The molecule has 0 N–H and O–H groups in total.